The van der Waals surface area contributed by atoms with Crippen LogP contribution in [0.3, 0.4) is 0 Å². The van der Waals surface area contributed by atoms with E-state index in [0.29, 0.717) is 5.69 Å². The molecule has 0 atom stereocenters. The molecule has 6 nitrogen and oxygen atoms in total. The number of hydrogen-bond acceptors (Lipinski definition) is 3. The third kappa shape index (κ3) is 4.18. The lowest BCUT2D eigenvalue weighted by Gasteiger charge is -2.07. The first-order chi connectivity index (χ1) is 7.61. The average molecular weight is 288 g/mol. The van der Waals surface area contributed by atoms with Crippen molar-refractivity contribution in [1.82, 2.24) is 10.9 Å². The molecule has 1 rings (SSSR count). The highest BCUT2D eigenvalue weighted by atomic mass is 79.9. The molecule has 0 aromatic heterocycles. The molecule has 3 amide bonds. The first-order valence-corrected chi connectivity index (χ1v) is 5.07. The van der Waals surface area contributed by atoms with Gasteiger partial charge in [0.05, 0.1) is 7.11 Å². The second-order valence-corrected chi connectivity index (χ2v) is 3.62. The van der Waals surface area contributed by atoms with E-state index in [1.165, 1.54) is 7.11 Å². The van der Waals surface area contributed by atoms with Crippen LogP contribution in [-0.4, -0.2) is 19.2 Å². The van der Waals surface area contributed by atoms with Crippen LogP contribution in [0.15, 0.2) is 28.7 Å². The van der Waals surface area contributed by atoms with Gasteiger partial charge in [-0.3, -0.25) is 0 Å². The van der Waals surface area contributed by atoms with Crippen LogP contribution >= 0.6 is 15.9 Å². The van der Waals surface area contributed by atoms with Gasteiger partial charge in [0, 0.05) is 10.2 Å². The van der Waals surface area contributed by atoms with E-state index in [1.807, 2.05) is 5.43 Å². The molecule has 0 radical (unpaired) electrons. The number of amides is 3. The van der Waals surface area contributed by atoms with Gasteiger partial charge >= 0.3 is 12.1 Å². The second-order valence-electron chi connectivity index (χ2n) is 2.70. The number of methoxy groups -OCH3 is 1. The van der Waals surface area contributed by atoms with Crippen molar-refractivity contribution in [3.05, 3.63) is 28.7 Å². The fourth-order valence-corrected chi connectivity index (χ4v) is 1.12. The van der Waals surface area contributed by atoms with Gasteiger partial charge in [0.1, 0.15) is 0 Å². The number of benzene rings is 1. The van der Waals surface area contributed by atoms with E-state index < -0.39 is 12.1 Å². The Morgan fingerprint density at radius 2 is 1.81 bits per heavy atom. The summed E-state index contributed by atoms with van der Waals surface area (Å²) in [6.45, 7) is 0. The quantitative estimate of drug-likeness (QED) is 0.690. The summed E-state index contributed by atoms with van der Waals surface area (Å²) < 4.78 is 5.18. The van der Waals surface area contributed by atoms with Crippen molar-refractivity contribution in [2.24, 2.45) is 0 Å². The van der Waals surface area contributed by atoms with Gasteiger partial charge in [-0.25, -0.2) is 20.4 Å². The number of carbonyl (C=O) groups excluding carboxylic acids is 2. The van der Waals surface area contributed by atoms with E-state index in [2.05, 4.69) is 31.4 Å². The Bertz CT molecular complexity index is 380. The van der Waals surface area contributed by atoms with Crippen LogP contribution in [0.5, 0.6) is 0 Å². The van der Waals surface area contributed by atoms with Crippen molar-refractivity contribution in [3.8, 4) is 0 Å². The van der Waals surface area contributed by atoms with E-state index in [0.717, 1.165) is 4.47 Å². The van der Waals surface area contributed by atoms with Crippen LogP contribution in [0.25, 0.3) is 0 Å². The first kappa shape index (κ1) is 12.3. The Morgan fingerprint density at radius 3 is 2.38 bits per heavy atom. The summed E-state index contributed by atoms with van der Waals surface area (Å²) >= 11 is 3.27. The fraction of sp³-hybridized carbons (Fsp3) is 0.111. The second kappa shape index (κ2) is 5.96. The van der Waals surface area contributed by atoms with Gasteiger partial charge in [-0.2, -0.15) is 0 Å². The van der Waals surface area contributed by atoms with Crippen LogP contribution in [0, 0.1) is 0 Å². The number of nitrogens with one attached hydrogen (secondary N) is 3. The maximum Gasteiger partial charge on any atom is 0.425 e. The smallest absolute Gasteiger partial charge is 0.425 e. The Kier molecular flexibility index (Phi) is 4.59. The first-order valence-electron chi connectivity index (χ1n) is 4.28. The number of carbonyl (C=O) groups is 2. The van der Waals surface area contributed by atoms with Crippen molar-refractivity contribution >= 4 is 33.7 Å². The third-order valence-corrected chi connectivity index (χ3v) is 2.09. The zero-order valence-electron chi connectivity index (χ0n) is 8.41. The summed E-state index contributed by atoms with van der Waals surface area (Å²) in [5.41, 5.74) is 4.75. The Labute approximate surface area is 100 Å². The van der Waals surface area contributed by atoms with Crippen LogP contribution in [0.2, 0.25) is 0 Å². The van der Waals surface area contributed by atoms with E-state index >= 15 is 0 Å². The molecule has 0 spiro atoms. The topological polar surface area (TPSA) is 79.5 Å². The monoisotopic (exact) mass is 287 g/mol. The SMILES string of the molecule is COC(=O)NNC(=O)Nc1ccc(Br)cc1. The Balaban J connectivity index is 2.40. The minimum Gasteiger partial charge on any atom is -0.452 e. The highest BCUT2D eigenvalue weighted by molar-refractivity contribution is 9.10. The molecule has 86 valence electrons. The van der Waals surface area contributed by atoms with E-state index in [4.69, 9.17) is 0 Å². The predicted molar refractivity (Wildman–Crippen MR) is 61.8 cm³/mol. The highest BCUT2D eigenvalue weighted by Crippen LogP contribution is 2.13. The molecule has 16 heavy (non-hydrogen) atoms. The number of ether oxygens (including phenoxy) is 1. The molecule has 0 saturated heterocycles. The standard InChI is InChI=1S/C9H10BrN3O3/c1-16-9(15)13-12-8(14)11-7-4-2-6(10)3-5-7/h2-5H,1H3,(H,13,15)(H2,11,12,14). The minimum absolute atomic E-state index is 0.562. The summed E-state index contributed by atoms with van der Waals surface area (Å²) in [6, 6.07) is 6.42. The van der Waals surface area contributed by atoms with Crippen molar-refractivity contribution in [2.45, 2.75) is 0 Å². The predicted octanol–water partition coefficient (Wildman–Crippen LogP) is 1.84. The molecule has 7 heteroatoms. The van der Waals surface area contributed by atoms with Gasteiger partial charge in [-0.1, -0.05) is 15.9 Å². The van der Waals surface area contributed by atoms with Crippen LogP contribution in [0.4, 0.5) is 15.3 Å². The largest absolute Gasteiger partial charge is 0.452 e. The zero-order valence-corrected chi connectivity index (χ0v) is 10.00. The van der Waals surface area contributed by atoms with Gasteiger partial charge in [0.2, 0.25) is 0 Å². The lowest BCUT2D eigenvalue weighted by molar-refractivity contribution is 0.166. The number of anilines is 1. The Morgan fingerprint density at radius 1 is 1.19 bits per heavy atom. The normalized spacial score (nSPS) is 9.12. The fourth-order valence-electron chi connectivity index (χ4n) is 0.854. The van der Waals surface area contributed by atoms with Gasteiger partial charge in [-0.05, 0) is 24.3 Å². The van der Waals surface area contributed by atoms with Crippen LogP contribution in [-0.2, 0) is 4.74 Å². The number of hydrazine groups is 1. The van der Waals surface area contributed by atoms with Crippen molar-refractivity contribution < 1.29 is 14.3 Å². The molecule has 0 unspecified atom stereocenters. The molecule has 0 fully saturated rings. The summed E-state index contributed by atoms with van der Waals surface area (Å²) in [6.07, 6.45) is -0.744. The van der Waals surface area contributed by atoms with Gasteiger partial charge in [0.15, 0.2) is 0 Å². The molecular weight excluding hydrogens is 278 g/mol. The number of halogens is 1. The molecule has 1 aromatic rings. The molecule has 1 aromatic carbocycles. The van der Waals surface area contributed by atoms with Crippen molar-refractivity contribution in [3.63, 3.8) is 0 Å². The maximum absolute atomic E-state index is 11.2. The molecule has 0 aliphatic rings. The summed E-state index contributed by atoms with van der Waals surface area (Å²) in [7, 11) is 1.20. The van der Waals surface area contributed by atoms with Crippen LogP contribution < -0.4 is 16.2 Å². The van der Waals surface area contributed by atoms with E-state index in [1.54, 1.807) is 24.3 Å². The summed E-state index contributed by atoms with van der Waals surface area (Å²) in [5.74, 6) is 0. The Hall–Kier alpha value is -1.76. The van der Waals surface area contributed by atoms with Crippen molar-refractivity contribution in [1.29, 1.82) is 0 Å². The lowest BCUT2D eigenvalue weighted by atomic mass is 10.3. The summed E-state index contributed by atoms with van der Waals surface area (Å²) in [4.78, 5) is 21.8. The maximum atomic E-state index is 11.2. The molecule has 3 N–H and O–H groups in total. The number of urea groups is 1. The zero-order chi connectivity index (χ0) is 12.0. The lowest BCUT2D eigenvalue weighted by Crippen LogP contribution is -2.43. The average Bonchev–Trinajstić information content (AvgIpc) is 2.29. The highest BCUT2D eigenvalue weighted by Gasteiger charge is 2.03. The number of hydrogen-bond donors (Lipinski definition) is 3. The molecule has 0 bridgehead atoms. The molecule has 0 aliphatic heterocycles. The molecule has 0 aliphatic carbocycles. The minimum atomic E-state index is -0.744. The van der Waals surface area contributed by atoms with E-state index in [9.17, 15) is 9.59 Å². The van der Waals surface area contributed by atoms with Gasteiger partial charge in [-0.15, -0.1) is 0 Å². The van der Waals surface area contributed by atoms with Crippen LogP contribution in [0.1, 0.15) is 0 Å². The molecule has 0 saturated carbocycles. The molecule has 0 heterocycles. The molecular formula is C9H10BrN3O3. The van der Waals surface area contributed by atoms with Crippen molar-refractivity contribution in [2.75, 3.05) is 12.4 Å². The summed E-state index contributed by atoms with van der Waals surface area (Å²) in [5, 5.41) is 2.51. The van der Waals surface area contributed by atoms with Gasteiger partial charge in [0.25, 0.3) is 0 Å². The third-order valence-electron chi connectivity index (χ3n) is 1.57. The van der Waals surface area contributed by atoms with E-state index in [-0.39, 0.29) is 0 Å². The number of rotatable bonds is 1. The van der Waals surface area contributed by atoms with Gasteiger partial charge < -0.3 is 10.1 Å².